The van der Waals surface area contributed by atoms with Gasteiger partial charge in [-0.2, -0.15) is 0 Å². The molecule has 1 fully saturated rings. The molecule has 156 valence electrons. The number of imide groups is 1. The van der Waals surface area contributed by atoms with E-state index in [1.165, 1.54) is 4.90 Å². The Labute approximate surface area is 175 Å². The maximum atomic E-state index is 12.9. The quantitative estimate of drug-likeness (QED) is 0.735. The zero-order valence-corrected chi connectivity index (χ0v) is 16.9. The van der Waals surface area contributed by atoms with Crippen molar-refractivity contribution in [1.82, 2.24) is 10.2 Å². The fourth-order valence-corrected chi connectivity index (χ4v) is 4.11. The number of fused-ring (bicyclic) bond motifs is 1. The van der Waals surface area contributed by atoms with Gasteiger partial charge in [-0.05, 0) is 48.7 Å². The van der Waals surface area contributed by atoms with E-state index in [1.807, 2.05) is 24.3 Å². The minimum atomic E-state index is -0.383. The van der Waals surface area contributed by atoms with Crippen molar-refractivity contribution < 1.29 is 19.1 Å². The third kappa shape index (κ3) is 4.01. The van der Waals surface area contributed by atoms with Crippen LogP contribution < -0.4 is 15.4 Å². The molecule has 2 aromatic carbocycles. The first-order valence-electron chi connectivity index (χ1n) is 10.3. The SMILES string of the molecule is COc1ccc(CNC(=O)Nc2ccc3c(c2)C(=O)N(C2CCCCC2)C3=O)cc1. The van der Waals surface area contributed by atoms with Crippen molar-refractivity contribution in [1.29, 1.82) is 0 Å². The van der Waals surface area contributed by atoms with Gasteiger partial charge in [0.05, 0.1) is 18.2 Å². The zero-order chi connectivity index (χ0) is 21.1. The predicted molar refractivity (Wildman–Crippen MR) is 113 cm³/mol. The smallest absolute Gasteiger partial charge is 0.319 e. The van der Waals surface area contributed by atoms with Crippen LogP contribution in [0.1, 0.15) is 58.4 Å². The van der Waals surface area contributed by atoms with Gasteiger partial charge in [-0.25, -0.2) is 4.79 Å². The molecule has 4 rings (SSSR count). The van der Waals surface area contributed by atoms with Gasteiger partial charge in [-0.1, -0.05) is 31.4 Å². The number of carbonyl (C=O) groups is 3. The molecule has 2 N–H and O–H groups in total. The van der Waals surface area contributed by atoms with Gasteiger partial charge < -0.3 is 15.4 Å². The molecule has 7 heteroatoms. The molecular weight excluding hydrogens is 382 g/mol. The van der Waals surface area contributed by atoms with Crippen LogP contribution in [0, 0.1) is 0 Å². The van der Waals surface area contributed by atoms with Gasteiger partial charge in [0.15, 0.2) is 0 Å². The van der Waals surface area contributed by atoms with Crippen LogP contribution in [-0.2, 0) is 6.54 Å². The van der Waals surface area contributed by atoms with Crippen molar-refractivity contribution in [2.45, 2.75) is 44.7 Å². The second-order valence-corrected chi connectivity index (χ2v) is 7.69. The summed E-state index contributed by atoms with van der Waals surface area (Å²) >= 11 is 0. The van der Waals surface area contributed by atoms with Crippen molar-refractivity contribution in [2.75, 3.05) is 12.4 Å². The summed E-state index contributed by atoms with van der Waals surface area (Å²) in [6, 6.07) is 11.9. The van der Waals surface area contributed by atoms with Crippen molar-refractivity contribution >= 4 is 23.5 Å². The first-order valence-corrected chi connectivity index (χ1v) is 10.3. The van der Waals surface area contributed by atoms with Crippen LogP contribution in [0.4, 0.5) is 10.5 Å². The highest BCUT2D eigenvalue weighted by atomic mass is 16.5. The van der Waals surface area contributed by atoms with Crippen LogP contribution in [0.2, 0.25) is 0 Å². The number of hydrogen-bond acceptors (Lipinski definition) is 4. The number of methoxy groups -OCH3 is 1. The van der Waals surface area contributed by atoms with Crippen LogP contribution in [0.15, 0.2) is 42.5 Å². The summed E-state index contributed by atoms with van der Waals surface area (Å²) in [4.78, 5) is 39.3. The summed E-state index contributed by atoms with van der Waals surface area (Å²) in [5.74, 6) is 0.268. The molecule has 2 aromatic rings. The highest BCUT2D eigenvalue weighted by molar-refractivity contribution is 6.22. The Morgan fingerprint density at radius 3 is 2.40 bits per heavy atom. The van der Waals surface area contributed by atoms with E-state index in [-0.39, 0.29) is 23.9 Å². The third-order valence-corrected chi connectivity index (χ3v) is 5.73. The third-order valence-electron chi connectivity index (χ3n) is 5.73. The summed E-state index contributed by atoms with van der Waals surface area (Å²) < 4.78 is 5.12. The molecule has 1 aliphatic heterocycles. The number of anilines is 1. The maximum absolute atomic E-state index is 12.9. The van der Waals surface area contributed by atoms with Crippen LogP contribution in [0.3, 0.4) is 0 Å². The molecule has 0 saturated heterocycles. The predicted octanol–water partition coefficient (Wildman–Crippen LogP) is 3.95. The average Bonchev–Trinajstić information content (AvgIpc) is 3.03. The molecule has 0 aromatic heterocycles. The number of rotatable bonds is 5. The first-order chi connectivity index (χ1) is 14.6. The first kappa shape index (κ1) is 19.9. The highest BCUT2D eigenvalue weighted by Gasteiger charge is 2.40. The molecule has 1 saturated carbocycles. The van der Waals surface area contributed by atoms with Crippen LogP contribution >= 0.6 is 0 Å². The van der Waals surface area contributed by atoms with E-state index in [0.29, 0.717) is 23.4 Å². The number of carbonyl (C=O) groups excluding carboxylic acids is 3. The van der Waals surface area contributed by atoms with E-state index < -0.39 is 0 Å². The molecule has 7 nitrogen and oxygen atoms in total. The van der Waals surface area contributed by atoms with E-state index in [0.717, 1.165) is 43.4 Å². The monoisotopic (exact) mass is 407 g/mol. The topological polar surface area (TPSA) is 87.7 Å². The van der Waals surface area contributed by atoms with Crippen molar-refractivity contribution in [3.8, 4) is 5.75 Å². The standard InChI is InChI=1S/C23H25N3O4/c1-30-18-10-7-15(8-11-18)14-24-23(29)25-16-9-12-19-20(13-16)22(28)26(21(19)27)17-5-3-2-4-6-17/h7-13,17H,2-6,14H2,1H3,(H2,24,25,29). The number of ether oxygens (including phenoxy) is 1. The van der Waals surface area contributed by atoms with E-state index in [9.17, 15) is 14.4 Å². The molecule has 2 aliphatic rings. The summed E-state index contributed by atoms with van der Waals surface area (Å²) in [7, 11) is 1.60. The largest absolute Gasteiger partial charge is 0.497 e. The lowest BCUT2D eigenvalue weighted by molar-refractivity contribution is 0.0549. The van der Waals surface area contributed by atoms with Gasteiger partial charge in [0.1, 0.15) is 5.75 Å². The van der Waals surface area contributed by atoms with E-state index in [2.05, 4.69) is 10.6 Å². The Morgan fingerprint density at radius 1 is 1.00 bits per heavy atom. The summed E-state index contributed by atoms with van der Waals surface area (Å²) in [5.41, 5.74) is 2.18. The minimum absolute atomic E-state index is 0.0182. The van der Waals surface area contributed by atoms with Gasteiger partial charge in [0, 0.05) is 18.3 Å². The highest BCUT2D eigenvalue weighted by Crippen LogP contribution is 2.32. The molecule has 0 atom stereocenters. The van der Waals surface area contributed by atoms with Crippen LogP contribution in [0.5, 0.6) is 5.75 Å². The second-order valence-electron chi connectivity index (χ2n) is 7.69. The van der Waals surface area contributed by atoms with E-state index in [4.69, 9.17) is 4.74 Å². The molecule has 30 heavy (non-hydrogen) atoms. The molecule has 0 unspecified atom stereocenters. The summed E-state index contributed by atoms with van der Waals surface area (Å²) in [6.45, 7) is 0.355. The Hall–Kier alpha value is -3.35. The minimum Gasteiger partial charge on any atom is -0.497 e. The molecule has 1 aliphatic carbocycles. The van der Waals surface area contributed by atoms with Crippen LogP contribution in [0.25, 0.3) is 0 Å². The second kappa shape index (κ2) is 8.57. The average molecular weight is 407 g/mol. The molecule has 0 spiro atoms. The van der Waals surface area contributed by atoms with Gasteiger partial charge in [-0.3, -0.25) is 14.5 Å². The summed E-state index contributed by atoms with van der Waals surface area (Å²) in [6.07, 6.45) is 4.96. The Morgan fingerprint density at radius 2 is 1.70 bits per heavy atom. The van der Waals surface area contributed by atoms with Gasteiger partial charge >= 0.3 is 6.03 Å². The normalized spacial score (nSPS) is 16.4. The fraction of sp³-hybridized carbons (Fsp3) is 0.348. The van der Waals surface area contributed by atoms with Crippen molar-refractivity contribution in [3.63, 3.8) is 0 Å². The van der Waals surface area contributed by atoms with E-state index in [1.54, 1.807) is 25.3 Å². The molecule has 1 heterocycles. The number of amides is 4. The van der Waals surface area contributed by atoms with Crippen molar-refractivity contribution in [2.24, 2.45) is 0 Å². The number of nitrogens with zero attached hydrogens (tertiary/aromatic N) is 1. The number of hydrogen-bond donors (Lipinski definition) is 2. The van der Waals surface area contributed by atoms with Gasteiger partial charge in [0.2, 0.25) is 0 Å². The summed E-state index contributed by atoms with van der Waals surface area (Å²) in [5, 5.41) is 5.52. The zero-order valence-electron chi connectivity index (χ0n) is 16.9. The Bertz CT molecular complexity index is 965. The van der Waals surface area contributed by atoms with Gasteiger partial charge in [-0.15, -0.1) is 0 Å². The van der Waals surface area contributed by atoms with Gasteiger partial charge in [0.25, 0.3) is 11.8 Å². The number of benzene rings is 2. The lowest BCUT2D eigenvalue weighted by Gasteiger charge is -2.29. The van der Waals surface area contributed by atoms with Crippen LogP contribution in [-0.4, -0.2) is 35.9 Å². The van der Waals surface area contributed by atoms with Crippen molar-refractivity contribution in [3.05, 3.63) is 59.2 Å². The Balaban J connectivity index is 1.39. The Kier molecular flexibility index (Phi) is 5.70. The molecule has 4 amide bonds. The van der Waals surface area contributed by atoms with E-state index >= 15 is 0 Å². The molecule has 0 bridgehead atoms. The molecule has 0 radical (unpaired) electrons. The lowest BCUT2D eigenvalue weighted by Crippen LogP contribution is -2.40. The maximum Gasteiger partial charge on any atom is 0.319 e. The molecular formula is C23H25N3O4. The number of urea groups is 1. The fourth-order valence-electron chi connectivity index (χ4n) is 4.11. The lowest BCUT2D eigenvalue weighted by atomic mass is 9.94. The number of nitrogens with one attached hydrogen (secondary N) is 2.